The van der Waals surface area contributed by atoms with Gasteiger partial charge < -0.3 is 24.7 Å². The van der Waals surface area contributed by atoms with Crippen LogP contribution in [0.2, 0.25) is 0 Å². The molecule has 0 amide bonds. The highest BCUT2D eigenvalue weighted by Gasteiger charge is 2.15. The van der Waals surface area contributed by atoms with Crippen LogP contribution in [0.15, 0.2) is 72.8 Å². The molecule has 4 heterocycles. The fraction of sp³-hybridized carbons (Fsp3) is 0.0625. The number of nitrogen functional groups attached to an aromatic ring is 1. The van der Waals surface area contributed by atoms with E-state index >= 15 is 0 Å². The Bertz CT molecular complexity index is 2210. The quantitative estimate of drug-likeness (QED) is 0.0798. The number of ether oxygens (including phenoxy) is 4. The van der Waals surface area contributed by atoms with Crippen molar-refractivity contribution in [2.45, 2.75) is 0 Å². The fourth-order valence-corrected chi connectivity index (χ4v) is 5.52. The van der Waals surface area contributed by atoms with Gasteiger partial charge in [-0.1, -0.05) is 24.3 Å². The molecule has 0 bridgehead atoms. The molecule has 8 rings (SSSR count). The largest absolute Gasteiger partial charge is 0.454 e. The van der Waals surface area contributed by atoms with Crippen LogP contribution in [0, 0.1) is 10.1 Å². The van der Waals surface area contributed by atoms with Gasteiger partial charge in [0, 0.05) is 28.6 Å². The Morgan fingerprint density at radius 3 is 1.72 bits per heavy atom. The van der Waals surface area contributed by atoms with Crippen LogP contribution in [0.1, 0.15) is 22.5 Å². The maximum atomic E-state index is 10.9. The van der Waals surface area contributed by atoms with Gasteiger partial charge >= 0.3 is 0 Å². The number of thiol groups is 2. The minimum absolute atomic E-state index is 0.00370. The molecule has 0 unspecified atom stereocenters. The predicted molar refractivity (Wildman–Crippen MR) is 182 cm³/mol. The molecule has 2 aliphatic rings. The summed E-state index contributed by atoms with van der Waals surface area (Å²) in [7, 11) is 0. The molecule has 0 fully saturated rings. The maximum absolute atomic E-state index is 10.9. The number of nitrogens with two attached hydrogens (primary N) is 1. The van der Waals surface area contributed by atoms with E-state index in [9.17, 15) is 10.1 Å². The van der Waals surface area contributed by atoms with Crippen LogP contribution >= 0.6 is 25.6 Å². The van der Waals surface area contributed by atoms with E-state index < -0.39 is 4.92 Å². The second-order valence-corrected chi connectivity index (χ2v) is 10.9. The molecule has 0 atom stereocenters. The van der Waals surface area contributed by atoms with Gasteiger partial charge in [-0.3, -0.25) is 10.1 Å². The van der Waals surface area contributed by atoms with E-state index in [-0.39, 0.29) is 19.3 Å². The first-order chi connectivity index (χ1) is 22.3. The van der Waals surface area contributed by atoms with Crippen molar-refractivity contribution >= 4 is 83.1 Å². The summed E-state index contributed by atoms with van der Waals surface area (Å²) in [5, 5.41) is 21.4. The zero-order valence-electron chi connectivity index (χ0n) is 23.8. The van der Waals surface area contributed by atoms with Crippen LogP contribution in [0.3, 0.4) is 0 Å². The number of nitro benzene ring substituents is 1. The Kier molecular flexibility index (Phi) is 7.64. The van der Waals surface area contributed by atoms with Gasteiger partial charge in [-0.2, -0.15) is 10.2 Å². The molecule has 2 N–H and O–H groups in total. The van der Waals surface area contributed by atoms with Gasteiger partial charge in [0.1, 0.15) is 0 Å². The minimum atomic E-state index is -0.442. The summed E-state index contributed by atoms with van der Waals surface area (Å²) in [6, 6.07) is 21.7. The molecule has 230 valence electrons. The molecular formula is C32H24N6O6S2. The third-order valence-electron chi connectivity index (χ3n) is 7.26. The Morgan fingerprint density at radius 1 is 0.674 bits per heavy atom. The van der Waals surface area contributed by atoms with Gasteiger partial charge in [0.25, 0.3) is 5.69 Å². The Morgan fingerprint density at radius 2 is 1.17 bits per heavy atom. The summed E-state index contributed by atoms with van der Waals surface area (Å²) in [4.78, 5) is 10.4. The Balaban J connectivity index is 0.000000147. The summed E-state index contributed by atoms with van der Waals surface area (Å²) in [6.07, 6.45) is 7.65. The van der Waals surface area contributed by atoms with Crippen molar-refractivity contribution in [2.24, 2.45) is 0 Å². The summed E-state index contributed by atoms with van der Waals surface area (Å²) in [5.41, 5.74) is 11.4. The average molecular weight is 653 g/mol. The van der Waals surface area contributed by atoms with Crippen LogP contribution in [0.25, 0.3) is 46.1 Å². The highest BCUT2D eigenvalue weighted by atomic mass is 32.1. The molecule has 12 nitrogen and oxygen atoms in total. The lowest BCUT2D eigenvalue weighted by molar-refractivity contribution is -0.384. The number of non-ortho nitro benzene ring substituents is 1. The molecule has 0 aliphatic carbocycles. The van der Waals surface area contributed by atoms with Gasteiger partial charge in [0.05, 0.1) is 27.3 Å². The first-order valence-corrected chi connectivity index (χ1v) is 14.6. The number of rotatable bonds is 5. The summed E-state index contributed by atoms with van der Waals surface area (Å²) in [5.74, 6) is 2.97. The summed E-state index contributed by atoms with van der Waals surface area (Å²) in [6.45, 7) is 0.509. The van der Waals surface area contributed by atoms with E-state index in [1.54, 1.807) is 6.07 Å². The second-order valence-electron chi connectivity index (χ2n) is 10.2. The number of hydrogen-bond donors (Lipinski definition) is 3. The van der Waals surface area contributed by atoms with E-state index in [1.165, 1.54) is 20.3 Å². The van der Waals surface area contributed by atoms with Crippen LogP contribution < -0.4 is 24.7 Å². The molecule has 2 aromatic heterocycles. The first-order valence-electron chi connectivity index (χ1n) is 13.8. The highest BCUT2D eigenvalue weighted by molar-refractivity contribution is 7.78. The molecule has 0 radical (unpaired) electrons. The first kappa shape index (κ1) is 29.1. The van der Waals surface area contributed by atoms with Crippen molar-refractivity contribution in [3.63, 3.8) is 0 Å². The van der Waals surface area contributed by atoms with E-state index in [0.717, 1.165) is 50.4 Å². The van der Waals surface area contributed by atoms with E-state index in [2.05, 4.69) is 35.8 Å². The van der Waals surface area contributed by atoms with Crippen LogP contribution in [0.5, 0.6) is 23.0 Å². The standard InChI is InChI=1S/C16H11N3O4S.C16H13N3O2S/c20-19(21)11-3-4-12-13(17-18(24)14(12)8-11)5-1-10-2-6-15-16(7-10)23-9-22-15;17-11-3-4-12-13(18-19(22)14(12)8-11)5-1-10-2-6-15-16(7-10)21-9-20-15/h1-8,24H,9H2;1-8,22H,9,17H2/b2*5-1+. The SMILES string of the molecule is Nc1ccc2c(/C=C/c3ccc4c(c3)OCO4)nn(S)c2c1.O=[N+]([O-])c1ccc2c(/C=C/c3ccc4c(c3)OCO4)nn(S)c2c1. The van der Waals surface area contributed by atoms with Crippen molar-refractivity contribution in [1.82, 2.24) is 18.4 Å². The third-order valence-corrected chi connectivity index (χ3v) is 7.87. The molecule has 46 heavy (non-hydrogen) atoms. The van der Waals surface area contributed by atoms with Crippen molar-refractivity contribution < 1.29 is 23.9 Å². The molecule has 6 aromatic rings. The maximum Gasteiger partial charge on any atom is 0.271 e. The third kappa shape index (κ3) is 5.78. The Labute approximate surface area is 272 Å². The van der Waals surface area contributed by atoms with Crippen molar-refractivity contribution in [3.8, 4) is 23.0 Å². The second kappa shape index (κ2) is 12.1. The van der Waals surface area contributed by atoms with Gasteiger partial charge in [-0.25, -0.2) is 8.17 Å². The van der Waals surface area contributed by atoms with Crippen molar-refractivity contribution in [2.75, 3.05) is 19.3 Å². The monoisotopic (exact) mass is 652 g/mol. The number of benzene rings is 4. The summed E-state index contributed by atoms with van der Waals surface area (Å²) < 4.78 is 24.2. The zero-order chi connectivity index (χ0) is 31.8. The number of aromatic nitrogens is 4. The van der Waals surface area contributed by atoms with E-state index in [4.69, 9.17) is 24.7 Å². The molecule has 14 heteroatoms. The molecule has 0 saturated heterocycles. The van der Waals surface area contributed by atoms with Crippen LogP contribution in [0.4, 0.5) is 11.4 Å². The smallest absolute Gasteiger partial charge is 0.271 e. The average Bonchev–Trinajstić information content (AvgIpc) is 3.85. The lowest BCUT2D eigenvalue weighted by Gasteiger charge is -1.97. The molecule has 4 aromatic carbocycles. The van der Waals surface area contributed by atoms with Crippen LogP contribution in [-0.4, -0.2) is 36.9 Å². The zero-order valence-corrected chi connectivity index (χ0v) is 25.6. The van der Waals surface area contributed by atoms with E-state index in [0.29, 0.717) is 22.6 Å². The van der Waals surface area contributed by atoms with Gasteiger partial charge in [-0.15, -0.1) is 0 Å². The number of nitro groups is 1. The minimum Gasteiger partial charge on any atom is -0.454 e. The molecular weight excluding hydrogens is 629 g/mol. The fourth-order valence-electron chi connectivity index (χ4n) is 5.00. The lowest BCUT2D eigenvalue weighted by Crippen LogP contribution is -1.92. The predicted octanol–water partition coefficient (Wildman–Crippen LogP) is 6.75. The van der Waals surface area contributed by atoms with Crippen molar-refractivity contribution in [1.29, 1.82) is 0 Å². The number of hydrogen-bond acceptors (Lipinski definition) is 11. The number of anilines is 1. The topological polar surface area (TPSA) is 142 Å². The number of fused-ring (bicyclic) bond motifs is 4. The lowest BCUT2D eigenvalue weighted by atomic mass is 10.1. The van der Waals surface area contributed by atoms with Crippen LogP contribution in [-0.2, 0) is 0 Å². The highest BCUT2D eigenvalue weighted by Crippen LogP contribution is 2.34. The molecule has 2 aliphatic heterocycles. The van der Waals surface area contributed by atoms with Gasteiger partial charge in [0.2, 0.25) is 13.6 Å². The molecule has 0 spiro atoms. The number of nitrogens with zero attached hydrogens (tertiary/aromatic N) is 5. The van der Waals surface area contributed by atoms with Gasteiger partial charge in [0.15, 0.2) is 23.0 Å². The Hall–Kier alpha value is -5.60. The van der Waals surface area contributed by atoms with Gasteiger partial charge in [-0.05, 0) is 97.4 Å². The van der Waals surface area contributed by atoms with E-state index in [1.807, 2.05) is 78.9 Å². The van der Waals surface area contributed by atoms with Crippen molar-refractivity contribution in [3.05, 3.63) is 105 Å². The normalized spacial score (nSPS) is 13.2. The molecule has 0 saturated carbocycles. The summed E-state index contributed by atoms with van der Waals surface area (Å²) >= 11 is 8.56.